The number of rotatable bonds is 6. The van der Waals surface area contributed by atoms with Crippen LogP contribution in [-0.2, 0) is 17.2 Å². The molecule has 1 aromatic carbocycles. The maximum absolute atomic E-state index is 11.3. The SMILES string of the molecule is CNC(CS(C)=O)c1ccc(CC(C)C)cc1. The Morgan fingerprint density at radius 2 is 1.82 bits per heavy atom. The van der Waals surface area contributed by atoms with E-state index in [1.54, 1.807) is 6.26 Å². The Kier molecular flexibility index (Phi) is 5.86. The summed E-state index contributed by atoms with van der Waals surface area (Å²) in [6.07, 6.45) is 2.86. The molecule has 0 aliphatic rings. The van der Waals surface area contributed by atoms with Crippen molar-refractivity contribution in [2.24, 2.45) is 5.92 Å². The molecule has 3 heteroatoms. The minimum Gasteiger partial charge on any atom is -0.312 e. The first-order valence-electron chi connectivity index (χ1n) is 6.09. The van der Waals surface area contributed by atoms with Crippen molar-refractivity contribution in [3.8, 4) is 0 Å². The van der Waals surface area contributed by atoms with Gasteiger partial charge in [-0.3, -0.25) is 4.21 Å². The fraction of sp³-hybridized carbons (Fsp3) is 0.571. The van der Waals surface area contributed by atoms with Gasteiger partial charge in [0, 0.05) is 28.9 Å². The maximum atomic E-state index is 11.3. The van der Waals surface area contributed by atoms with Gasteiger partial charge in [-0.25, -0.2) is 0 Å². The smallest absolute Gasteiger partial charge is 0.0434 e. The quantitative estimate of drug-likeness (QED) is 0.844. The minimum atomic E-state index is -0.773. The van der Waals surface area contributed by atoms with Gasteiger partial charge in [-0.2, -0.15) is 0 Å². The van der Waals surface area contributed by atoms with Gasteiger partial charge in [0.15, 0.2) is 0 Å². The van der Waals surface area contributed by atoms with Gasteiger partial charge in [-0.05, 0) is 30.5 Å². The molecule has 1 aromatic rings. The summed E-state index contributed by atoms with van der Waals surface area (Å²) in [6.45, 7) is 4.45. The number of nitrogens with one attached hydrogen (secondary N) is 1. The molecule has 0 aliphatic heterocycles. The summed E-state index contributed by atoms with van der Waals surface area (Å²) < 4.78 is 11.3. The van der Waals surface area contributed by atoms with Gasteiger partial charge in [0.25, 0.3) is 0 Å². The molecular formula is C14H23NOS. The molecule has 0 saturated carbocycles. The first kappa shape index (κ1) is 14.4. The summed E-state index contributed by atoms with van der Waals surface area (Å²) in [5, 5.41) is 3.22. The first-order chi connectivity index (χ1) is 8.02. The van der Waals surface area contributed by atoms with Crippen LogP contribution in [0, 0.1) is 5.92 Å². The van der Waals surface area contributed by atoms with Crippen LogP contribution in [0.5, 0.6) is 0 Å². The molecule has 0 spiro atoms. The van der Waals surface area contributed by atoms with Crippen LogP contribution in [-0.4, -0.2) is 23.3 Å². The van der Waals surface area contributed by atoms with Crippen molar-refractivity contribution in [1.29, 1.82) is 0 Å². The molecule has 0 aromatic heterocycles. The van der Waals surface area contributed by atoms with Crippen molar-refractivity contribution in [3.05, 3.63) is 35.4 Å². The largest absolute Gasteiger partial charge is 0.312 e. The van der Waals surface area contributed by atoms with E-state index >= 15 is 0 Å². The van der Waals surface area contributed by atoms with Crippen LogP contribution < -0.4 is 5.32 Å². The zero-order valence-corrected chi connectivity index (χ0v) is 12.0. The molecule has 0 radical (unpaired) electrons. The highest BCUT2D eigenvalue weighted by atomic mass is 32.2. The highest BCUT2D eigenvalue weighted by Gasteiger charge is 2.10. The normalized spacial score (nSPS) is 14.9. The van der Waals surface area contributed by atoms with E-state index in [1.807, 2.05) is 7.05 Å². The fourth-order valence-corrected chi connectivity index (χ4v) is 2.77. The number of hydrogen-bond donors (Lipinski definition) is 1. The summed E-state index contributed by atoms with van der Waals surface area (Å²) >= 11 is 0. The molecule has 1 N–H and O–H groups in total. The van der Waals surface area contributed by atoms with Gasteiger partial charge >= 0.3 is 0 Å². The van der Waals surface area contributed by atoms with Gasteiger partial charge < -0.3 is 5.32 Å². The molecule has 0 aliphatic carbocycles. The molecule has 2 atom stereocenters. The molecule has 17 heavy (non-hydrogen) atoms. The Morgan fingerprint density at radius 3 is 2.24 bits per heavy atom. The summed E-state index contributed by atoms with van der Waals surface area (Å²) in [4.78, 5) is 0. The van der Waals surface area contributed by atoms with Gasteiger partial charge in [0.1, 0.15) is 0 Å². The van der Waals surface area contributed by atoms with E-state index in [4.69, 9.17) is 0 Å². The molecule has 2 unspecified atom stereocenters. The monoisotopic (exact) mass is 253 g/mol. The molecule has 0 fully saturated rings. The molecule has 0 bridgehead atoms. The Labute approximate surface area is 107 Å². The lowest BCUT2D eigenvalue weighted by atomic mass is 10.00. The lowest BCUT2D eigenvalue weighted by molar-refractivity contribution is 0.634. The summed E-state index contributed by atoms with van der Waals surface area (Å²) in [5.74, 6) is 1.35. The van der Waals surface area contributed by atoms with Crippen molar-refractivity contribution in [2.45, 2.75) is 26.3 Å². The number of benzene rings is 1. The zero-order chi connectivity index (χ0) is 12.8. The van der Waals surface area contributed by atoms with E-state index in [-0.39, 0.29) is 6.04 Å². The van der Waals surface area contributed by atoms with E-state index in [1.165, 1.54) is 11.1 Å². The van der Waals surface area contributed by atoms with E-state index in [2.05, 4.69) is 43.4 Å². The first-order valence-corrected chi connectivity index (χ1v) is 7.81. The Balaban J connectivity index is 2.74. The summed E-state index contributed by atoms with van der Waals surface area (Å²) in [5.41, 5.74) is 2.59. The second-order valence-electron chi connectivity index (χ2n) is 4.92. The molecule has 0 saturated heterocycles. The second-order valence-corrected chi connectivity index (χ2v) is 6.40. The van der Waals surface area contributed by atoms with Gasteiger partial charge in [0.2, 0.25) is 0 Å². The maximum Gasteiger partial charge on any atom is 0.0434 e. The molecule has 0 amide bonds. The Hall–Kier alpha value is -0.670. The topological polar surface area (TPSA) is 29.1 Å². The van der Waals surface area contributed by atoms with Crippen molar-refractivity contribution < 1.29 is 4.21 Å². The third kappa shape index (κ3) is 5.00. The van der Waals surface area contributed by atoms with E-state index in [9.17, 15) is 4.21 Å². The zero-order valence-electron chi connectivity index (χ0n) is 11.2. The Bertz CT molecular complexity index is 359. The standard InChI is InChI=1S/C14H23NOS/c1-11(2)9-12-5-7-13(8-6-12)14(15-3)10-17(4)16/h5-8,11,14-15H,9-10H2,1-4H3. The lowest BCUT2D eigenvalue weighted by Gasteiger charge is -2.16. The highest BCUT2D eigenvalue weighted by Crippen LogP contribution is 2.16. The van der Waals surface area contributed by atoms with Crippen LogP contribution in [0.25, 0.3) is 0 Å². The number of hydrogen-bond acceptors (Lipinski definition) is 2. The third-order valence-corrected chi connectivity index (χ3v) is 3.58. The average molecular weight is 253 g/mol. The van der Waals surface area contributed by atoms with E-state index in [0.717, 1.165) is 6.42 Å². The molecule has 1 rings (SSSR count). The van der Waals surface area contributed by atoms with Crippen LogP contribution in [0.4, 0.5) is 0 Å². The van der Waals surface area contributed by atoms with Gasteiger partial charge in [-0.1, -0.05) is 38.1 Å². The molecular weight excluding hydrogens is 230 g/mol. The highest BCUT2D eigenvalue weighted by molar-refractivity contribution is 7.84. The van der Waals surface area contributed by atoms with Crippen LogP contribution >= 0.6 is 0 Å². The van der Waals surface area contributed by atoms with Gasteiger partial charge in [-0.15, -0.1) is 0 Å². The van der Waals surface area contributed by atoms with Crippen molar-refractivity contribution in [1.82, 2.24) is 5.32 Å². The predicted octanol–water partition coefficient (Wildman–Crippen LogP) is 2.52. The second kappa shape index (κ2) is 6.92. The van der Waals surface area contributed by atoms with E-state index < -0.39 is 10.8 Å². The van der Waals surface area contributed by atoms with Crippen LogP contribution in [0.2, 0.25) is 0 Å². The average Bonchev–Trinajstić information content (AvgIpc) is 2.26. The molecule has 0 heterocycles. The predicted molar refractivity (Wildman–Crippen MR) is 75.7 cm³/mol. The summed E-state index contributed by atoms with van der Waals surface area (Å²) in [6, 6.07) is 8.84. The summed E-state index contributed by atoms with van der Waals surface area (Å²) in [7, 11) is 1.14. The third-order valence-electron chi connectivity index (χ3n) is 2.78. The van der Waals surface area contributed by atoms with Gasteiger partial charge in [0.05, 0.1) is 0 Å². The molecule has 96 valence electrons. The van der Waals surface area contributed by atoms with E-state index in [0.29, 0.717) is 11.7 Å². The minimum absolute atomic E-state index is 0.189. The Morgan fingerprint density at radius 1 is 1.24 bits per heavy atom. The lowest BCUT2D eigenvalue weighted by Crippen LogP contribution is -2.22. The van der Waals surface area contributed by atoms with Crippen LogP contribution in [0.3, 0.4) is 0 Å². The van der Waals surface area contributed by atoms with Crippen LogP contribution in [0.15, 0.2) is 24.3 Å². The molecule has 2 nitrogen and oxygen atoms in total. The van der Waals surface area contributed by atoms with Crippen LogP contribution in [0.1, 0.15) is 31.0 Å². The fourth-order valence-electron chi connectivity index (χ4n) is 1.94. The van der Waals surface area contributed by atoms with Crippen molar-refractivity contribution in [2.75, 3.05) is 19.1 Å². The van der Waals surface area contributed by atoms with Crippen molar-refractivity contribution >= 4 is 10.8 Å². The van der Waals surface area contributed by atoms with Crippen molar-refractivity contribution in [3.63, 3.8) is 0 Å².